The van der Waals surface area contributed by atoms with Gasteiger partial charge in [0.1, 0.15) is 5.75 Å². The fourth-order valence-electron chi connectivity index (χ4n) is 2.22. The van der Waals surface area contributed by atoms with Crippen LogP contribution in [0.15, 0.2) is 54.6 Å². The highest BCUT2D eigenvalue weighted by molar-refractivity contribution is 6.08. The fourth-order valence-corrected chi connectivity index (χ4v) is 2.22. The number of hydrogen-bond acceptors (Lipinski definition) is 3. The summed E-state index contributed by atoms with van der Waals surface area (Å²) >= 11 is 0. The zero-order valence-electron chi connectivity index (χ0n) is 13.0. The first kappa shape index (κ1) is 16.3. The van der Waals surface area contributed by atoms with E-state index in [0.29, 0.717) is 11.4 Å². The second kappa shape index (κ2) is 7.26. The summed E-state index contributed by atoms with van der Waals surface area (Å²) in [7, 11) is 1.58. The monoisotopic (exact) mass is 310 g/mol. The molecule has 0 spiro atoms. The molecule has 0 saturated heterocycles. The number of hydrogen-bond donors (Lipinski definition) is 2. The number of amides is 2. The number of para-hydroxylation sites is 2. The maximum absolute atomic E-state index is 12.2. The van der Waals surface area contributed by atoms with Crippen LogP contribution in [-0.4, -0.2) is 18.9 Å². The molecule has 0 aliphatic rings. The molecule has 2 aromatic carbocycles. The molecule has 2 aromatic rings. The first-order valence-corrected chi connectivity index (χ1v) is 7.04. The average Bonchev–Trinajstić information content (AvgIpc) is 2.54. The maximum atomic E-state index is 12.2. The Hall–Kier alpha value is -3.08. The van der Waals surface area contributed by atoms with Crippen LogP contribution in [0.25, 0.3) is 5.57 Å². The van der Waals surface area contributed by atoms with Gasteiger partial charge in [-0.15, -0.1) is 0 Å². The van der Waals surface area contributed by atoms with Crippen molar-refractivity contribution in [3.05, 3.63) is 65.7 Å². The Morgan fingerprint density at radius 3 is 2.30 bits per heavy atom. The molecule has 0 aliphatic heterocycles. The summed E-state index contributed by atoms with van der Waals surface area (Å²) in [6.07, 6.45) is 1.45. The molecule has 3 N–H and O–H groups in total. The highest BCUT2D eigenvalue weighted by Crippen LogP contribution is 2.25. The van der Waals surface area contributed by atoms with Crippen LogP contribution in [0.5, 0.6) is 5.75 Å². The summed E-state index contributed by atoms with van der Waals surface area (Å²) in [6, 6.07) is 14.0. The Morgan fingerprint density at radius 1 is 1.04 bits per heavy atom. The number of allylic oxidation sites excluding steroid dienone is 1. The number of benzene rings is 2. The van der Waals surface area contributed by atoms with Gasteiger partial charge in [-0.3, -0.25) is 9.59 Å². The number of nitrogens with one attached hydrogen (secondary N) is 1. The molecular formula is C18H18N2O3. The van der Waals surface area contributed by atoms with E-state index in [1.165, 1.54) is 6.08 Å². The third-order valence-corrected chi connectivity index (χ3v) is 3.33. The van der Waals surface area contributed by atoms with Gasteiger partial charge < -0.3 is 15.8 Å². The van der Waals surface area contributed by atoms with Crippen molar-refractivity contribution in [2.24, 2.45) is 5.73 Å². The van der Waals surface area contributed by atoms with Gasteiger partial charge in [0, 0.05) is 11.6 Å². The number of carbonyl (C=O) groups is 2. The van der Waals surface area contributed by atoms with Crippen LogP contribution in [0.3, 0.4) is 0 Å². The largest absolute Gasteiger partial charge is 0.496 e. The smallest absolute Gasteiger partial charge is 0.250 e. The summed E-state index contributed by atoms with van der Waals surface area (Å²) in [6.45, 7) is 1.82. The molecule has 118 valence electrons. The number of methoxy groups -OCH3 is 1. The summed E-state index contributed by atoms with van der Waals surface area (Å²) in [5.74, 6) is -0.250. The van der Waals surface area contributed by atoms with E-state index in [-0.39, 0.29) is 11.5 Å². The molecule has 0 unspecified atom stereocenters. The molecule has 0 aromatic heterocycles. The zero-order chi connectivity index (χ0) is 16.8. The Kier molecular flexibility index (Phi) is 5.15. The molecular weight excluding hydrogens is 292 g/mol. The van der Waals surface area contributed by atoms with E-state index in [9.17, 15) is 9.59 Å². The Labute approximate surface area is 134 Å². The minimum atomic E-state index is -0.591. The van der Waals surface area contributed by atoms with E-state index in [1.54, 1.807) is 31.4 Å². The third-order valence-electron chi connectivity index (χ3n) is 3.33. The summed E-state index contributed by atoms with van der Waals surface area (Å²) in [5, 5.41) is 2.67. The van der Waals surface area contributed by atoms with E-state index >= 15 is 0 Å². The fraction of sp³-hybridized carbons (Fsp3) is 0.111. The highest BCUT2D eigenvalue weighted by Gasteiger charge is 2.10. The lowest BCUT2D eigenvalue weighted by Gasteiger charge is -2.10. The van der Waals surface area contributed by atoms with Crippen LogP contribution in [0.2, 0.25) is 0 Å². The number of carbonyl (C=O) groups excluding carboxylic acids is 2. The number of primary amides is 1. The van der Waals surface area contributed by atoms with Crippen molar-refractivity contribution in [1.82, 2.24) is 0 Å². The molecule has 0 radical (unpaired) electrons. The average molecular weight is 310 g/mol. The van der Waals surface area contributed by atoms with Gasteiger partial charge in [-0.25, -0.2) is 0 Å². The predicted molar refractivity (Wildman–Crippen MR) is 90.2 cm³/mol. The molecule has 2 amide bonds. The topological polar surface area (TPSA) is 81.4 Å². The zero-order valence-corrected chi connectivity index (χ0v) is 13.0. The normalized spacial score (nSPS) is 11.0. The molecule has 23 heavy (non-hydrogen) atoms. The van der Waals surface area contributed by atoms with Gasteiger partial charge in [0.2, 0.25) is 5.91 Å². The number of nitrogens with two attached hydrogens (primary N) is 1. The SMILES string of the molecule is COc1ccccc1/C(C)=C/C(=O)Nc1ccccc1C(N)=O. The van der Waals surface area contributed by atoms with Crippen molar-refractivity contribution < 1.29 is 14.3 Å². The van der Waals surface area contributed by atoms with Gasteiger partial charge in [0.05, 0.1) is 18.4 Å². The van der Waals surface area contributed by atoms with Gasteiger partial charge in [-0.1, -0.05) is 30.3 Å². The molecule has 2 rings (SSSR count). The van der Waals surface area contributed by atoms with Gasteiger partial charge >= 0.3 is 0 Å². The Morgan fingerprint density at radius 2 is 1.65 bits per heavy atom. The summed E-state index contributed by atoms with van der Waals surface area (Å²) in [5.41, 5.74) is 7.52. The lowest BCUT2D eigenvalue weighted by atomic mass is 10.1. The van der Waals surface area contributed by atoms with Gasteiger partial charge in [-0.2, -0.15) is 0 Å². The van der Waals surface area contributed by atoms with Crippen LogP contribution >= 0.6 is 0 Å². The molecule has 0 aliphatic carbocycles. The first-order valence-electron chi connectivity index (χ1n) is 7.04. The quantitative estimate of drug-likeness (QED) is 0.833. The van der Waals surface area contributed by atoms with Crippen LogP contribution in [0, 0.1) is 0 Å². The lowest BCUT2D eigenvalue weighted by Crippen LogP contribution is -2.17. The minimum Gasteiger partial charge on any atom is -0.496 e. The molecule has 0 bridgehead atoms. The third kappa shape index (κ3) is 3.97. The molecule has 0 fully saturated rings. The number of rotatable bonds is 5. The predicted octanol–water partition coefficient (Wildman–Crippen LogP) is 2.84. The van der Waals surface area contributed by atoms with Crippen molar-refractivity contribution in [2.45, 2.75) is 6.92 Å². The van der Waals surface area contributed by atoms with Crippen molar-refractivity contribution in [3.8, 4) is 5.75 Å². The van der Waals surface area contributed by atoms with Gasteiger partial charge in [-0.05, 0) is 30.7 Å². The van der Waals surface area contributed by atoms with Crippen LogP contribution < -0.4 is 15.8 Å². The Balaban J connectivity index is 2.23. The lowest BCUT2D eigenvalue weighted by molar-refractivity contribution is -0.111. The van der Waals surface area contributed by atoms with E-state index < -0.39 is 5.91 Å². The maximum Gasteiger partial charge on any atom is 0.250 e. The molecule has 0 atom stereocenters. The highest BCUT2D eigenvalue weighted by atomic mass is 16.5. The summed E-state index contributed by atoms with van der Waals surface area (Å²) < 4.78 is 5.28. The standard InChI is InChI=1S/C18H18N2O3/c1-12(13-7-4-6-10-16(13)23-2)11-17(21)20-15-9-5-3-8-14(15)18(19)22/h3-11H,1-2H3,(H2,19,22)(H,20,21)/b12-11+. The van der Waals surface area contributed by atoms with E-state index in [4.69, 9.17) is 10.5 Å². The second-order valence-electron chi connectivity index (χ2n) is 4.93. The van der Waals surface area contributed by atoms with E-state index in [0.717, 1.165) is 11.1 Å². The van der Waals surface area contributed by atoms with E-state index in [2.05, 4.69) is 5.32 Å². The van der Waals surface area contributed by atoms with Crippen molar-refractivity contribution in [1.29, 1.82) is 0 Å². The van der Waals surface area contributed by atoms with Crippen LogP contribution in [-0.2, 0) is 4.79 Å². The van der Waals surface area contributed by atoms with Crippen LogP contribution in [0.4, 0.5) is 5.69 Å². The second-order valence-corrected chi connectivity index (χ2v) is 4.93. The summed E-state index contributed by atoms with van der Waals surface area (Å²) in [4.78, 5) is 23.6. The van der Waals surface area contributed by atoms with Crippen molar-refractivity contribution >= 4 is 23.1 Å². The van der Waals surface area contributed by atoms with Crippen molar-refractivity contribution in [3.63, 3.8) is 0 Å². The van der Waals surface area contributed by atoms with Gasteiger partial charge in [0.15, 0.2) is 0 Å². The molecule has 0 heterocycles. The van der Waals surface area contributed by atoms with Gasteiger partial charge in [0.25, 0.3) is 5.91 Å². The number of ether oxygens (including phenoxy) is 1. The van der Waals surface area contributed by atoms with E-state index in [1.807, 2.05) is 31.2 Å². The number of anilines is 1. The molecule has 5 nitrogen and oxygen atoms in total. The van der Waals surface area contributed by atoms with Crippen molar-refractivity contribution in [2.75, 3.05) is 12.4 Å². The Bertz CT molecular complexity index is 766. The first-order chi connectivity index (χ1) is 11.0. The molecule has 0 saturated carbocycles. The molecule has 5 heteroatoms. The van der Waals surface area contributed by atoms with Crippen LogP contribution in [0.1, 0.15) is 22.8 Å². The minimum absolute atomic E-state index is 0.268.